The predicted octanol–water partition coefficient (Wildman–Crippen LogP) is 4.34. The fourth-order valence-corrected chi connectivity index (χ4v) is 2.12. The zero-order valence-electron chi connectivity index (χ0n) is 11.1. The van der Waals surface area contributed by atoms with Crippen LogP contribution in [0.15, 0.2) is 60.2 Å². The molecular formula is C17H18FeO. The van der Waals surface area contributed by atoms with Crippen molar-refractivity contribution in [2.75, 3.05) is 0 Å². The summed E-state index contributed by atoms with van der Waals surface area (Å²) in [5.41, 5.74) is 3.41. The van der Waals surface area contributed by atoms with Crippen LogP contribution >= 0.6 is 0 Å². The number of Topliss-reactive ketones (excluding diaryl/α,β-unsaturated/α-hetero) is 1. The van der Waals surface area contributed by atoms with Crippen molar-refractivity contribution in [2.24, 2.45) is 0 Å². The molecule has 19 heavy (non-hydrogen) atoms. The number of ketones is 1. The Bertz CT molecular complexity index is 480. The van der Waals surface area contributed by atoms with Gasteiger partial charge in [0, 0.05) is 0 Å². The van der Waals surface area contributed by atoms with Gasteiger partial charge in [0.25, 0.3) is 0 Å². The van der Waals surface area contributed by atoms with Crippen LogP contribution in [0.5, 0.6) is 0 Å². The van der Waals surface area contributed by atoms with E-state index in [1.807, 2.05) is 54.6 Å². The van der Waals surface area contributed by atoms with Crippen LogP contribution in [-0.4, -0.2) is 5.78 Å². The van der Waals surface area contributed by atoms with Gasteiger partial charge in [0.15, 0.2) is 0 Å². The second-order valence-electron chi connectivity index (χ2n) is 4.52. The summed E-state index contributed by atoms with van der Waals surface area (Å²) in [6, 6.07) is 18.0. The topological polar surface area (TPSA) is 17.1 Å². The van der Waals surface area contributed by atoms with E-state index in [1.165, 1.54) is 12.0 Å². The summed E-state index contributed by atoms with van der Waals surface area (Å²) in [4.78, 5) is 11.4. The van der Waals surface area contributed by atoms with E-state index < -0.39 is 0 Å². The van der Waals surface area contributed by atoms with Gasteiger partial charge in [-0.25, -0.2) is 12.1 Å². The van der Waals surface area contributed by atoms with Crippen molar-refractivity contribution < 1.29 is 21.9 Å². The van der Waals surface area contributed by atoms with Gasteiger partial charge in [0.1, 0.15) is 0 Å². The molecule has 0 amide bonds. The molecule has 1 nitrogen and oxygen atoms in total. The van der Waals surface area contributed by atoms with Crippen molar-refractivity contribution in [1.82, 2.24) is 0 Å². The molecule has 0 heterocycles. The van der Waals surface area contributed by atoms with Crippen LogP contribution in [0.1, 0.15) is 31.7 Å². The van der Waals surface area contributed by atoms with Crippen LogP contribution in [-0.2, 0) is 21.9 Å². The van der Waals surface area contributed by atoms with Gasteiger partial charge in [-0.2, -0.15) is 30.3 Å². The van der Waals surface area contributed by atoms with Gasteiger partial charge in [0.2, 0.25) is 0 Å². The maximum Gasteiger partial charge on any atom is 2.00 e. The number of carbonyl (C=O) groups excluding carboxylic acids is 1. The summed E-state index contributed by atoms with van der Waals surface area (Å²) in [5, 5.41) is 0. The van der Waals surface area contributed by atoms with E-state index in [0.717, 1.165) is 24.0 Å². The number of rotatable bonds is 2. The summed E-state index contributed by atoms with van der Waals surface area (Å²) in [5.74, 6) is 0.209. The average Bonchev–Trinajstić information content (AvgIpc) is 2.97. The molecule has 0 aliphatic heterocycles. The molecule has 0 aromatic heterocycles. The Hall–Kier alpha value is -1.37. The molecule has 0 atom stereocenters. The van der Waals surface area contributed by atoms with Gasteiger partial charge >= 0.3 is 17.1 Å². The van der Waals surface area contributed by atoms with Crippen molar-refractivity contribution in [3.63, 3.8) is 0 Å². The zero-order chi connectivity index (χ0) is 12.8. The molecule has 1 aliphatic carbocycles. The Balaban J connectivity index is 0.000000256. The predicted molar refractivity (Wildman–Crippen MR) is 75.5 cm³/mol. The Morgan fingerprint density at radius 2 is 1.68 bits per heavy atom. The molecule has 2 aromatic rings. The van der Waals surface area contributed by atoms with Gasteiger partial charge in [-0.05, 0) is 6.92 Å². The normalized spacial score (nSPS) is 12.6. The SMILES string of the molecule is CC(=O)C(=C1CCC1)[c-]1cccc1.[Fe+2].c1cc[cH-]c1. The molecule has 1 saturated carbocycles. The minimum atomic E-state index is 0. The molecule has 1 fully saturated rings. The van der Waals surface area contributed by atoms with Gasteiger partial charge < -0.3 is 4.79 Å². The summed E-state index contributed by atoms with van der Waals surface area (Å²) >= 11 is 0. The first-order valence-corrected chi connectivity index (χ1v) is 6.41. The van der Waals surface area contributed by atoms with Crippen molar-refractivity contribution in [3.05, 3.63) is 65.7 Å². The average molecular weight is 294 g/mol. The molecule has 2 aromatic carbocycles. The summed E-state index contributed by atoms with van der Waals surface area (Å²) in [6.07, 6.45) is 3.47. The van der Waals surface area contributed by atoms with E-state index in [9.17, 15) is 4.79 Å². The second-order valence-corrected chi connectivity index (χ2v) is 4.52. The molecule has 0 radical (unpaired) electrons. The third kappa shape index (κ3) is 4.34. The van der Waals surface area contributed by atoms with E-state index in [4.69, 9.17) is 0 Å². The number of carbonyl (C=O) groups is 1. The largest absolute Gasteiger partial charge is 2.00 e. The van der Waals surface area contributed by atoms with E-state index in [-0.39, 0.29) is 22.9 Å². The molecule has 0 spiro atoms. The maximum atomic E-state index is 11.4. The summed E-state index contributed by atoms with van der Waals surface area (Å²) in [6.45, 7) is 1.66. The molecule has 100 valence electrons. The molecule has 1 aliphatic rings. The first-order chi connectivity index (χ1) is 8.79. The monoisotopic (exact) mass is 294 g/mol. The molecule has 0 unspecified atom stereocenters. The Morgan fingerprint density at radius 3 is 2.00 bits per heavy atom. The number of allylic oxidation sites excluding steroid dienone is 2. The smallest absolute Gasteiger partial charge is 0.341 e. The third-order valence-electron chi connectivity index (χ3n) is 3.17. The fourth-order valence-electron chi connectivity index (χ4n) is 2.12. The quantitative estimate of drug-likeness (QED) is 0.457. The molecule has 0 N–H and O–H groups in total. The minimum absolute atomic E-state index is 0. The van der Waals surface area contributed by atoms with Crippen LogP contribution in [0, 0.1) is 0 Å². The number of hydrogen-bond donors (Lipinski definition) is 0. The second kappa shape index (κ2) is 7.93. The summed E-state index contributed by atoms with van der Waals surface area (Å²) in [7, 11) is 0. The van der Waals surface area contributed by atoms with Crippen molar-refractivity contribution in [2.45, 2.75) is 26.2 Å². The van der Waals surface area contributed by atoms with Crippen molar-refractivity contribution in [3.8, 4) is 0 Å². The van der Waals surface area contributed by atoms with Crippen molar-refractivity contribution in [1.29, 1.82) is 0 Å². The van der Waals surface area contributed by atoms with Crippen LogP contribution < -0.4 is 0 Å². The molecule has 2 heteroatoms. The number of hydrogen-bond acceptors (Lipinski definition) is 1. The zero-order valence-corrected chi connectivity index (χ0v) is 12.2. The Morgan fingerprint density at radius 1 is 1.11 bits per heavy atom. The van der Waals surface area contributed by atoms with Gasteiger partial charge in [-0.3, -0.25) is 0 Å². The van der Waals surface area contributed by atoms with Crippen molar-refractivity contribution >= 4 is 11.4 Å². The first kappa shape index (κ1) is 15.7. The van der Waals surface area contributed by atoms with E-state index in [2.05, 4.69) is 0 Å². The Labute approximate surface area is 125 Å². The molecular weight excluding hydrogens is 276 g/mol. The molecule has 3 rings (SSSR count). The standard InChI is InChI=1S/C12H13O.C5H5.Fe/c1-9(13)12(11-7-4-8-11)10-5-2-3-6-10;1-2-4-5-3-1;/h2-3,5-6H,4,7-8H2,1H3;1-5H;/q2*-1;+2. The van der Waals surface area contributed by atoms with Crippen LogP contribution in [0.2, 0.25) is 0 Å². The fraction of sp³-hybridized carbons (Fsp3) is 0.235. The molecule has 0 saturated heterocycles. The van der Waals surface area contributed by atoms with Crippen LogP contribution in [0.4, 0.5) is 0 Å². The summed E-state index contributed by atoms with van der Waals surface area (Å²) < 4.78 is 0. The maximum absolute atomic E-state index is 11.4. The van der Waals surface area contributed by atoms with Gasteiger partial charge in [-0.1, -0.05) is 30.4 Å². The third-order valence-corrected chi connectivity index (χ3v) is 3.17. The van der Waals surface area contributed by atoms with Gasteiger partial charge in [-0.15, -0.1) is 17.7 Å². The van der Waals surface area contributed by atoms with E-state index in [0.29, 0.717) is 0 Å². The van der Waals surface area contributed by atoms with Crippen LogP contribution in [0.25, 0.3) is 5.57 Å². The van der Waals surface area contributed by atoms with E-state index in [1.54, 1.807) is 6.92 Å². The van der Waals surface area contributed by atoms with E-state index >= 15 is 0 Å². The Kier molecular flexibility index (Phi) is 6.55. The first-order valence-electron chi connectivity index (χ1n) is 6.41. The van der Waals surface area contributed by atoms with Crippen LogP contribution in [0.3, 0.4) is 0 Å². The van der Waals surface area contributed by atoms with Gasteiger partial charge in [0.05, 0.1) is 5.78 Å². The molecule has 0 bridgehead atoms. The minimum Gasteiger partial charge on any atom is -0.341 e.